The van der Waals surface area contributed by atoms with Crippen LogP contribution in [-0.2, 0) is 0 Å². The van der Waals surface area contributed by atoms with Gasteiger partial charge >= 0.3 is 0 Å². The molecule has 0 aromatic rings. The molecule has 2 fully saturated rings. The van der Waals surface area contributed by atoms with Crippen LogP contribution in [0.2, 0.25) is 0 Å². The number of guanidine groups is 1. The number of likely N-dealkylation sites (tertiary alicyclic amines) is 1. The lowest BCUT2D eigenvalue weighted by atomic mass is 10.2. The highest BCUT2D eigenvalue weighted by Crippen LogP contribution is 2.33. The van der Waals surface area contributed by atoms with Crippen LogP contribution < -0.4 is 5.32 Å². The molecule has 3 aliphatic rings. The first-order chi connectivity index (χ1) is 9.86. The van der Waals surface area contributed by atoms with Gasteiger partial charge in [-0.1, -0.05) is 25.0 Å². The summed E-state index contributed by atoms with van der Waals surface area (Å²) in [5.41, 5.74) is 0. The Hall–Kier alpha value is -1.03. The van der Waals surface area contributed by atoms with Crippen molar-refractivity contribution >= 4 is 5.96 Å². The Morgan fingerprint density at radius 3 is 2.75 bits per heavy atom. The van der Waals surface area contributed by atoms with Crippen LogP contribution in [-0.4, -0.2) is 61.6 Å². The number of aliphatic imine (C=N–C) groups is 1. The largest absolute Gasteiger partial charge is 0.356 e. The zero-order chi connectivity index (χ0) is 13.8. The third-order valence-corrected chi connectivity index (χ3v) is 4.81. The average Bonchev–Trinajstić information content (AvgIpc) is 2.96. The Bertz CT molecular complexity index is 365. The van der Waals surface area contributed by atoms with Crippen LogP contribution in [0.1, 0.15) is 32.1 Å². The Labute approximate surface area is 122 Å². The molecule has 0 amide bonds. The van der Waals surface area contributed by atoms with Crippen molar-refractivity contribution in [3.8, 4) is 0 Å². The van der Waals surface area contributed by atoms with Crippen molar-refractivity contribution in [2.45, 2.75) is 38.1 Å². The van der Waals surface area contributed by atoms with Crippen LogP contribution in [0.3, 0.4) is 0 Å². The normalized spacial score (nSPS) is 27.6. The molecule has 1 saturated heterocycles. The lowest BCUT2D eigenvalue weighted by Gasteiger charge is -2.25. The molecule has 1 N–H and O–H groups in total. The van der Waals surface area contributed by atoms with Crippen molar-refractivity contribution in [2.75, 3.05) is 39.8 Å². The first kappa shape index (κ1) is 13.9. The molecule has 0 aromatic carbocycles. The summed E-state index contributed by atoms with van der Waals surface area (Å²) in [5, 5.41) is 3.55. The van der Waals surface area contributed by atoms with Gasteiger partial charge in [0.05, 0.1) is 0 Å². The van der Waals surface area contributed by atoms with Crippen LogP contribution in [0, 0.1) is 5.92 Å². The van der Waals surface area contributed by atoms with Gasteiger partial charge in [-0.05, 0) is 25.2 Å². The van der Waals surface area contributed by atoms with Gasteiger partial charge in [0.1, 0.15) is 0 Å². The lowest BCUT2D eigenvalue weighted by Crippen LogP contribution is -2.43. The summed E-state index contributed by atoms with van der Waals surface area (Å²) in [5.74, 6) is 2.15. The zero-order valence-corrected chi connectivity index (χ0v) is 12.7. The Kier molecular flexibility index (Phi) is 4.61. The summed E-state index contributed by atoms with van der Waals surface area (Å²) < 4.78 is 0. The second-order valence-corrected chi connectivity index (χ2v) is 6.37. The first-order valence-electron chi connectivity index (χ1n) is 8.21. The fourth-order valence-corrected chi connectivity index (χ4v) is 3.35. The van der Waals surface area contributed by atoms with Gasteiger partial charge in [0.2, 0.25) is 0 Å². The highest BCUT2D eigenvalue weighted by atomic mass is 15.3. The molecule has 1 atom stereocenters. The summed E-state index contributed by atoms with van der Waals surface area (Å²) in [6, 6.07) is 0.704. The minimum absolute atomic E-state index is 0.704. The molecule has 3 rings (SSSR count). The van der Waals surface area contributed by atoms with E-state index in [-0.39, 0.29) is 0 Å². The second-order valence-electron chi connectivity index (χ2n) is 6.37. The van der Waals surface area contributed by atoms with Gasteiger partial charge in [0.25, 0.3) is 0 Å². The van der Waals surface area contributed by atoms with E-state index in [2.05, 4.69) is 32.3 Å². The maximum atomic E-state index is 4.46. The van der Waals surface area contributed by atoms with Gasteiger partial charge in [-0.25, -0.2) is 0 Å². The number of nitrogens with zero attached hydrogens (tertiary/aromatic N) is 3. The predicted molar refractivity (Wildman–Crippen MR) is 84.0 cm³/mol. The highest BCUT2D eigenvalue weighted by Gasteiger charge is 2.29. The number of nitrogens with one attached hydrogen (secondary N) is 1. The van der Waals surface area contributed by atoms with Gasteiger partial charge in [-0.3, -0.25) is 9.89 Å². The molecule has 2 aliphatic heterocycles. The van der Waals surface area contributed by atoms with E-state index in [1.165, 1.54) is 32.1 Å². The summed E-state index contributed by atoms with van der Waals surface area (Å²) in [7, 11) is 1.91. The molecule has 0 aromatic heterocycles. The van der Waals surface area contributed by atoms with Crippen molar-refractivity contribution < 1.29 is 0 Å². The monoisotopic (exact) mass is 276 g/mol. The standard InChI is InChI=1S/C16H28N4/c1-17-16(18-9-4-5-14-6-7-14)20-12-8-15(13-20)19-10-2-3-11-19/h2-3,14-15H,4-13H2,1H3,(H,17,18). The summed E-state index contributed by atoms with van der Waals surface area (Å²) in [4.78, 5) is 9.46. The van der Waals surface area contributed by atoms with Crippen molar-refractivity contribution in [2.24, 2.45) is 10.9 Å². The molecular weight excluding hydrogens is 248 g/mol. The first-order valence-corrected chi connectivity index (χ1v) is 8.21. The predicted octanol–water partition coefficient (Wildman–Crippen LogP) is 1.70. The third kappa shape index (κ3) is 3.54. The van der Waals surface area contributed by atoms with Crippen molar-refractivity contribution in [3.63, 3.8) is 0 Å². The van der Waals surface area contributed by atoms with Gasteiger partial charge in [-0.2, -0.15) is 0 Å². The van der Waals surface area contributed by atoms with Crippen molar-refractivity contribution in [1.82, 2.24) is 15.1 Å². The van der Waals surface area contributed by atoms with Crippen LogP contribution in [0.4, 0.5) is 0 Å². The molecule has 0 spiro atoms. The smallest absolute Gasteiger partial charge is 0.193 e. The second kappa shape index (κ2) is 6.61. The molecule has 1 unspecified atom stereocenters. The van der Waals surface area contributed by atoms with E-state index in [1.54, 1.807) is 0 Å². The lowest BCUT2D eigenvalue weighted by molar-refractivity contribution is 0.259. The van der Waals surface area contributed by atoms with Gasteiger partial charge in [-0.15, -0.1) is 0 Å². The molecule has 4 nitrogen and oxygen atoms in total. The van der Waals surface area contributed by atoms with E-state index in [9.17, 15) is 0 Å². The Morgan fingerprint density at radius 1 is 1.25 bits per heavy atom. The Morgan fingerprint density at radius 2 is 2.05 bits per heavy atom. The van der Waals surface area contributed by atoms with E-state index in [4.69, 9.17) is 0 Å². The molecule has 0 radical (unpaired) electrons. The molecular formula is C16H28N4. The van der Waals surface area contributed by atoms with Crippen LogP contribution >= 0.6 is 0 Å². The maximum absolute atomic E-state index is 4.46. The van der Waals surface area contributed by atoms with Gasteiger partial charge in [0, 0.05) is 45.8 Å². The molecule has 112 valence electrons. The molecule has 2 heterocycles. The van der Waals surface area contributed by atoms with Crippen LogP contribution in [0.15, 0.2) is 17.1 Å². The molecule has 0 bridgehead atoms. The zero-order valence-electron chi connectivity index (χ0n) is 12.7. The van der Waals surface area contributed by atoms with E-state index >= 15 is 0 Å². The summed E-state index contributed by atoms with van der Waals surface area (Å²) in [6.45, 7) is 5.61. The SMILES string of the molecule is CN=C(NCCCC1CC1)N1CCC(N2CC=CC2)C1. The van der Waals surface area contributed by atoms with Crippen LogP contribution in [0.5, 0.6) is 0 Å². The molecule has 1 aliphatic carbocycles. The van der Waals surface area contributed by atoms with Crippen molar-refractivity contribution in [3.05, 3.63) is 12.2 Å². The number of rotatable bonds is 5. The van der Waals surface area contributed by atoms with E-state index in [0.717, 1.165) is 44.6 Å². The molecule has 1 saturated carbocycles. The van der Waals surface area contributed by atoms with E-state index in [1.807, 2.05) is 7.05 Å². The van der Waals surface area contributed by atoms with Gasteiger partial charge < -0.3 is 10.2 Å². The summed E-state index contributed by atoms with van der Waals surface area (Å²) in [6.07, 6.45) is 11.5. The van der Waals surface area contributed by atoms with E-state index in [0.29, 0.717) is 6.04 Å². The summed E-state index contributed by atoms with van der Waals surface area (Å²) >= 11 is 0. The fraction of sp³-hybridized carbons (Fsp3) is 0.812. The van der Waals surface area contributed by atoms with Crippen molar-refractivity contribution in [1.29, 1.82) is 0 Å². The van der Waals surface area contributed by atoms with Crippen LogP contribution in [0.25, 0.3) is 0 Å². The molecule has 20 heavy (non-hydrogen) atoms. The highest BCUT2D eigenvalue weighted by molar-refractivity contribution is 5.80. The fourth-order valence-electron chi connectivity index (χ4n) is 3.35. The average molecular weight is 276 g/mol. The Balaban J connectivity index is 1.39. The quantitative estimate of drug-likeness (QED) is 0.359. The number of hydrogen-bond acceptors (Lipinski definition) is 2. The topological polar surface area (TPSA) is 30.9 Å². The number of hydrogen-bond donors (Lipinski definition) is 1. The minimum Gasteiger partial charge on any atom is -0.356 e. The van der Waals surface area contributed by atoms with E-state index < -0.39 is 0 Å². The van der Waals surface area contributed by atoms with Gasteiger partial charge in [0.15, 0.2) is 5.96 Å². The minimum atomic E-state index is 0.704. The molecule has 4 heteroatoms. The maximum Gasteiger partial charge on any atom is 0.193 e. The third-order valence-electron chi connectivity index (χ3n) is 4.81.